The lowest BCUT2D eigenvalue weighted by Crippen LogP contribution is -2.49. The maximum absolute atomic E-state index is 12.5. The van der Waals surface area contributed by atoms with Crippen molar-refractivity contribution in [2.45, 2.75) is 24.6 Å². The van der Waals surface area contributed by atoms with Gasteiger partial charge in [0.05, 0.1) is 6.33 Å². The lowest BCUT2D eigenvalue weighted by molar-refractivity contribution is -0.131. The number of nitrogens with zero attached hydrogens (tertiary/aromatic N) is 3. The number of pyridine rings is 1. The predicted octanol–water partition coefficient (Wildman–Crippen LogP) is 1.40. The van der Waals surface area contributed by atoms with Crippen LogP contribution in [0.5, 0.6) is 0 Å². The summed E-state index contributed by atoms with van der Waals surface area (Å²) in [6, 6.07) is 10.8. The molecular formula is C20H22N4O5S. The molecule has 3 aromatic rings. The lowest BCUT2D eigenvalue weighted by atomic mass is 10.1. The minimum atomic E-state index is -3.83. The van der Waals surface area contributed by atoms with Gasteiger partial charge in [-0.3, -0.25) is 14.8 Å². The van der Waals surface area contributed by atoms with Crippen molar-refractivity contribution >= 4 is 15.7 Å². The number of benzene rings is 1. The van der Waals surface area contributed by atoms with E-state index in [9.17, 15) is 18.0 Å². The maximum Gasteiger partial charge on any atom is 0.264 e. The zero-order chi connectivity index (χ0) is 21.9. The lowest BCUT2D eigenvalue weighted by Gasteiger charge is -2.25. The summed E-state index contributed by atoms with van der Waals surface area (Å²) in [4.78, 5) is 28.4. The summed E-state index contributed by atoms with van der Waals surface area (Å²) < 4.78 is 25.4. The van der Waals surface area contributed by atoms with Gasteiger partial charge in [-0.25, -0.2) is 18.9 Å². The number of sulfone groups is 1. The Morgan fingerprint density at radius 3 is 2.40 bits per heavy atom. The molecule has 1 amide bonds. The third kappa shape index (κ3) is 4.19. The van der Waals surface area contributed by atoms with Crippen molar-refractivity contribution in [3.63, 3.8) is 0 Å². The highest BCUT2D eigenvalue weighted by molar-refractivity contribution is 7.92. The van der Waals surface area contributed by atoms with Crippen LogP contribution in [-0.2, 0) is 21.2 Å². The average Bonchev–Trinajstić information content (AvgIpc) is 3.26. The SMILES string of the molecule is C[C@@](CCn1ccc(-c2ccc(-n3ccnc3)cc2)cc1=O)(C(=O)NO)S(C)(=O)=O. The van der Waals surface area contributed by atoms with Gasteiger partial charge < -0.3 is 9.13 Å². The molecule has 0 spiro atoms. The van der Waals surface area contributed by atoms with Crippen molar-refractivity contribution in [3.8, 4) is 16.8 Å². The second-order valence-electron chi connectivity index (χ2n) is 7.16. The monoisotopic (exact) mass is 430 g/mol. The van der Waals surface area contributed by atoms with Gasteiger partial charge in [-0.1, -0.05) is 12.1 Å². The van der Waals surface area contributed by atoms with E-state index in [-0.39, 0.29) is 18.5 Å². The quantitative estimate of drug-likeness (QED) is 0.431. The number of amides is 1. The number of carbonyl (C=O) groups excluding carboxylic acids is 1. The molecule has 9 nitrogen and oxygen atoms in total. The summed E-state index contributed by atoms with van der Waals surface area (Å²) in [5.74, 6) is -1.03. The molecule has 0 radical (unpaired) electrons. The standard InChI is InChI=1S/C20H22N4O5S/c1-20(19(26)22-27,30(2,28)29)8-11-23-10-7-16(13-18(23)25)15-3-5-17(6-4-15)24-12-9-21-14-24/h3-7,9-10,12-14,27H,8,11H2,1-2H3,(H,22,26)/t20-/m1/s1. The molecule has 1 atom stereocenters. The second kappa shape index (κ2) is 8.25. The minimum Gasteiger partial charge on any atom is -0.315 e. The highest BCUT2D eigenvalue weighted by Crippen LogP contribution is 2.23. The van der Waals surface area contributed by atoms with Crippen molar-refractivity contribution in [3.05, 3.63) is 71.7 Å². The summed E-state index contributed by atoms with van der Waals surface area (Å²) >= 11 is 0. The first-order chi connectivity index (χ1) is 14.2. The molecule has 2 N–H and O–H groups in total. The molecule has 1 aromatic carbocycles. The Morgan fingerprint density at radius 1 is 1.17 bits per heavy atom. The van der Waals surface area contributed by atoms with Crippen molar-refractivity contribution in [2.24, 2.45) is 0 Å². The fraction of sp³-hybridized carbons (Fsp3) is 0.250. The molecule has 0 aliphatic heterocycles. The molecule has 0 saturated heterocycles. The van der Waals surface area contributed by atoms with E-state index in [1.54, 1.807) is 24.8 Å². The van der Waals surface area contributed by atoms with Crippen LogP contribution in [0.25, 0.3) is 16.8 Å². The summed E-state index contributed by atoms with van der Waals surface area (Å²) in [7, 11) is -3.83. The molecule has 2 aromatic heterocycles. The van der Waals surface area contributed by atoms with E-state index in [0.717, 1.165) is 17.5 Å². The van der Waals surface area contributed by atoms with Gasteiger partial charge in [0.25, 0.3) is 11.5 Å². The van der Waals surface area contributed by atoms with Crippen LogP contribution in [0.4, 0.5) is 0 Å². The van der Waals surface area contributed by atoms with Crippen LogP contribution in [-0.4, -0.2) is 44.7 Å². The first kappa shape index (κ1) is 21.5. The summed E-state index contributed by atoms with van der Waals surface area (Å²) in [5, 5.41) is 8.89. The molecule has 0 saturated carbocycles. The fourth-order valence-electron chi connectivity index (χ4n) is 3.03. The van der Waals surface area contributed by atoms with Crippen molar-refractivity contribution in [1.82, 2.24) is 19.6 Å². The number of nitrogens with one attached hydrogen (secondary N) is 1. The largest absolute Gasteiger partial charge is 0.315 e. The van der Waals surface area contributed by atoms with E-state index in [2.05, 4.69) is 4.98 Å². The zero-order valence-electron chi connectivity index (χ0n) is 16.5. The number of aryl methyl sites for hydroxylation is 1. The molecule has 0 bridgehead atoms. The van der Waals surface area contributed by atoms with E-state index < -0.39 is 20.5 Å². The Labute approximate surface area is 173 Å². The Bertz CT molecular complexity index is 1200. The van der Waals surface area contributed by atoms with Gasteiger partial charge in [0, 0.05) is 43.1 Å². The van der Waals surface area contributed by atoms with E-state index in [4.69, 9.17) is 5.21 Å². The molecule has 2 heterocycles. The van der Waals surface area contributed by atoms with Gasteiger partial charge >= 0.3 is 0 Å². The summed E-state index contributed by atoms with van der Waals surface area (Å²) in [5.41, 5.74) is 3.57. The molecule has 158 valence electrons. The van der Waals surface area contributed by atoms with E-state index in [1.165, 1.54) is 23.0 Å². The number of hydrogen-bond donors (Lipinski definition) is 2. The average molecular weight is 430 g/mol. The van der Waals surface area contributed by atoms with Gasteiger partial charge in [0.2, 0.25) is 0 Å². The number of carbonyl (C=O) groups is 1. The van der Waals surface area contributed by atoms with Gasteiger partial charge in [-0.05, 0) is 42.7 Å². The maximum atomic E-state index is 12.5. The first-order valence-corrected chi connectivity index (χ1v) is 11.0. The topological polar surface area (TPSA) is 123 Å². The zero-order valence-corrected chi connectivity index (χ0v) is 17.3. The number of rotatable bonds is 7. The molecule has 0 aliphatic carbocycles. The van der Waals surface area contributed by atoms with Crippen LogP contribution in [0, 0.1) is 0 Å². The molecule has 0 fully saturated rings. The van der Waals surface area contributed by atoms with Gasteiger partial charge in [0.15, 0.2) is 14.6 Å². The van der Waals surface area contributed by atoms with Crippen LogP contribution >= 0.6 is 0 Å². The Morgan fingerprint density at radius 2 is 1.87 bits per heavy atom. The molecule has 3 rings (SSSR count). The summed E-state index contributed by atoms with van der Waals surface area (Å²) in [6.07, 6.45) is 7.52. The Balaban J connectivity index is 1.80. The van der Waals surface area contributed by atoms with Crippen LogP contribution < -0.4 is 11.0 Å². The Kier molecular flexibility index (Phi) is 5.90. The number of hydroxylamine groups is 1. The third-order valence-corrected chi connectivity index (χ3v) is 7.26. The Hall–Kier alpha value is -3.24. The number of hydrogen-bond acceptors (Lipinski definition) is 6. The third-order valence-electron chi connectivity index (χ3n) is 5.23. The minimum absolute atomic E-state index is 0.00430. The van der Waals surface area contributed by atoms with Crippen molar-refractivity contribution in [1.29, 1.82) is 0 Å². The van der Waals surface area contributed by atoms with Crippen LogP contribution in [0.2, 0.25) is 0 Å². The fourth-order valence-corrected chi connectivity index (χ4v) is 3.87. The second-order valence-corrected chi connectivity index (χ2v) is 9.60. The smallest absolute Gasteiger partial charge is 0.264 e. The number of aromatic nitrogens is 3. The molecule has 0 unspecified atom stereocenters. The van der Waals surface area contributed by atoms with Gasteiger partial charge in [-0.2, -0.15) is 0 Å². The van der Waals surface area contributed by atoms with E-state index in [1.807, 2.05) is 35.0 Å². The predicted molar refractivity (Wildman–Crippen MR) is 111 cm³/mol. The van der Waals surface area contributed by atoms with Crippen LogP contribution in [0.1, 0.15) is 13.3 Å². The van der Waals surface area contributed by atoms with Crippen molar-refractivity contribution in [2.75, 3.05) is 6.26 Å². The van der Waals surface area contributed by atoms with Crippen LogP contribution in [0.15, 0.2) is 66.1 Å². The molecule has 10 heteroatoms. The highest BCUT2D eigenvalue weighted by Gasteiger charge is 2.43. The molecular weight excluding hydrogens is 408 g/mol. The first-order valence-electron chi connectivity index (χ1n) is 9.09. The molecule has 30 heavy (non-hydrogen) atoms. The van der Waals surface area contributed by atoms with Crippen LogP contribution in [0.3, 0.4) is 0 Å². The van der Waals surface area contributed by atoms with Crippen molar-refractivity contribution < 1.29 is 18.4 Å². The van der Waals surface area contributed by atoms with E-state index in [0.29, 0.717) is 5.56 Å². The van der Waals surface area contributed by atoms with E-state index >= 15 is 0 Å². The summed E-state index contributed by atoms with van der Waals surface area (Å²) in [6.45, 7) is 1.21. The molecule has 0 aliphatic rings. The van der Waals surface area contributed by atoms with Gasteiger partial charge in [0.1, 0.15) is 0 Å². The number of imidazole rings is 1. The highest BCUT2D eigenvalue weighted by atomic mass is 32.2. The normalized spacial score (nSPS) is 13.6. The van der Waals surface area contributed by atoms with Gasteiger partial charge in [-0.15, -0.1) is 0 Å².